The van der Waals surface area contributed by atoms with E-state index < -0.39 is 0 Å². The van der Waals surface area contributed by atoms with Crippen LogP contribution >= 0.6 is 0 Å². The lowest BCUT2D eigenvalue weighted by Crippen LogP contribution is -2.51. The van der Waals surface area contributed by atoms with Crippen LogP contribution in [0.3, 0.4) is 0 Å². The van der Waals surface area contributed by atoms with Crippen LogP contribution in [0, 0.1) is 0 Å². The van der Waals surface area contributed by atoms with Crippen LogP contribution in [-0.2, 0) is 0 Å². The van der Waals surface area contributed by atoms with Gasteiger partial charge in [0, 0.05) is 0 Å². The second-order valence-electron chi connectivity index (χ2n) is 2.48. The molecule has 3 nitrogen and oxygen atoms in total. The molecule has 0 unspecified atom stereocenters. The Hall–Kier alpha value is -0.120. The highest BCUT2D eigenvalue weighted by Gasteiger charge is 2.04. The highest BCUT2D eigenvalue weighted by Crippen LogP contribution is 1.81. The SMILES string of the molecule is CCNC(NCC)N(C)C. The van der Waals surface area contributed by atoms with E-state index in [-0.39, 0.29) is 0 Å². The fourth-order valence-electron chi connectivity index (χ4n) is 0.824. The molecule has 0 aliphatic heterocycles. The number of hydrogen-bond acceptors (Lipinski definition) is 3. The van der Waals surface area contributed by atoms with Gasteiger partial charge in [-0.25, -0.2) is 0 Å². The number of rotatable bonds is 5. The maximum absolute atomic E-state index is 3.30. The fourth-order valence-corrected chi connectivity index (χ4v) is 0.824. The van der Waals surface area contributed by atoms with Crippen molar-refractivity contribution in [2.75, 3.05) is 27.2 Å². The number of nitrogens with zero attached hydrogens (tertiary/aromatic N) is 1. The molecule has 0 saturated heterocycles. The molecule has 3 heteroatoms. The van der Waals surface area contributed by atoms with E-state index in [0.29, 0.717) is 6.29 Å². The second kappa shape index (κ2) is 5.65. The van der Waals surface area contributed by atoms with Gasteiger partial charge >= 0.3 is 0 Å². The summed E-state index contributed by atoms with van der Waals surface area (Å²) in [6.07, 6.45) is 0.315. The van der Waals surface area contributed by atoms with Crippen molar-refractivity contribution >= 4 is 0 Å². The van der Waals surface area contributed by atoms with Crippen molar-refractivity contribution in [3.8, 4) is 0 Å². The summed E-state index contributed by atoms with van der Waals surface area (Å²) in [6, 6.07) is 0. The first-order chi connectivity index (χ1) is 4.72. The van der Waals surface area contributed by atoms with Crippen LogP contribution in [0.15, 0.2) is 0 Å². The normalized spacial score (nSPS) is 11.4. The van der Waals surface area contributed by atoms with E-state index in [0.717, 1.165) is 13.1 Å². The summed E-state index contributed by atoms with van der Waals surface area (Å²) in [5.41, 5.74) is 0. The van der Waals surface area contributed by atoms with Gasteiger partial charge < -0.3 is 0 Å². The molecule has 62 valence electrons. The zero-order valence-electron chi connectivity index (χ0n) is 7.44. The summed E-state index contributed by atoms with van der Waals surface area (Å²) in [5.74, 6) is 0. The van der Waals surface area contributed by atoms with Crippen LogP contribution in [0.2, 0.25) is 0 Å². The molecule has 10 heavy (non-hydrogen) atoms. The minimum atomic E-state index is 0.315. The lowest BCUT2D eigenvalue weighted by molar-refractivity contribution is 0.209. The second-order valence-corrected chi connectivity index (χ2v) is 2.48. The first kappa shape index (κ1) is 9.88. The molecule has 0 amide bonds. The van der Waals surface area contributed by atoms with Gasteiger partial charge in [0.15, 0.2) is 0 Å². The molecule has 0 rings (SSSR count). The average Bonchev–Trinajstić information content (AvgIpc) is 1.87. The van der Waals surface area contributed by atoms with E-state index >= 15 is 0 Å². The monoisotopic (exact) mass is 145 g/mol. The van der Waals surface area contributed by atoms with Crippen LogP contribution in [0.25, 0.3) is 0 Å². The fraction of sp³-hybridized carbons (Fsp3) is 1.00. The summed E-state index contributed by atoms with van der Waals surface area (Å²) in [7, 11) is 4.10. The molecule has 0 aromatic heterocycles. The topological polar surface area (TPSA) is 27.3 Å². The summed E-state index contributed by atoms with van der Waals surface area (Å²) in [5, 5.41) is 6.60. The Morgan fingerprint density at radius 2 is 1.50 bits per heavy atom. The molecule has 2 N–H and O–H groups in total. The van der Waals surface area contributed by atoms with Crippen molar-refractivity contribution in [3.63, 3.8) is 0 Å². The Balaban J connectivity index is 3.50. The van der Waals surface area contributed by atoms with Crippen LogP contribution in [0.1, 0.15) is 13.8 Å². The van der Waals surface area contributed by atoms with Gasteiger partial charge in [-0.3, -0.25) is 15.5 Å². The largest absolute Gasteiger partial charge is 0.290 e. The lowest BCUT2D eigenvalue weighted by Gasteiger charge is -2.25. The predicted octanol–water partition coefficient (Wildman–Crippen LogP) is 0.0506. The molecular formula is C7H19N3. The number of nitrogens with one attached hydrogen (secondary N) is 2. The van der Waals surface area contributed by atoms with Gasteiger partial charge in [0.1, 0.15) is 6.29 Å². The third-order valence-electron chi connectivity index (χ3n) is 1.31. The van der Waals surface area contributed by atoms with E-state index in [9.17, 15) is 0 Å². The maximum Gasteiger partial charge on any atom is 0.113 e. The molecule has 0 atom stereocenters. The first-order valence-corrected chi connectivity index (χ1v) is 3.85. The molecule has 0 aromatic carbocycles. The minimum Gasteiger partial charge on any atom is -0.290 e. The summed E-state index contributed by atoms with van der Waals surface area (Å²) >= 11 is 0. The molecule has 0 fully saturated rings. The van der Waals surface area contributed by atoms with Crippen LogP contribution < -0.4 is 10.6 Å². The highest BCUT2D eigenvalue weighted by atomic mass is 15.3. The molecule has 0 aliphatic carbocycles. The number of hydrogen-bond donors (Lipinski definition) is 2. The van der Waals surface area contributed by atoms with Gasteiger partial charge in [0.25, 0.3) is 0 Å². The van der Waals surface area contributed by atoms with Gasteiger partial charge in [-0.1, -0.05) is 13.8 Å². The molecule has 0 radical (unpaired) electrons. The Morgan fingerprint density at radius 1 is 1.10 bits per heavy atom. The zero-order chi connectivity index (χ0) is 7.98. The Morgan fingerprint density at radius 3 is 1.70 bits per heavy atom. The van der Waals surface area contributed by atoms with Gasteiger partial charge in [0.2, 0.25) is 0 Å². The molecule has 0 spiro atoms. The molecular weight excluding hydrogens is 126 g/mol. The van der Waals surface area contributed by atoms with Crippen molar-refractivity contribution < 1.29 is 0 Å². The van der Waals surface area contributed by atoms with Crippen LogP contribution in [-0.4, -0.2) is 38.4 Å². The summed E-state index contributed by atoms with van der Waals surface area (Å²) in [4.78, 5) is 2.12. The summed E-state index contributed by atoms with van der Waals surface area (Å²) < 4.78 is 0. The van der Waals surface area contributed by atoms with E-state index in [4.69, 9.17) is 0 Å². The van der Waals surface area contributed by atoms with Crippen LogP contribution in [0.4, 0.5) is 0 Å². The van der Waals surface area contributed by atoms with Gasteiger partial charge in [0.05, 0.1) is 0 Å². The van der Waals surface area contributed by atoms with E-state index in [1.54, 1.807) is 0 Å². The third-order valence-corrected chi connectivity index (χ3v) is 1.31. The molecule has 0 bridgehead atoms. The van der Waals surface area contributed by atoms with Crippen molar-refractivity contribution in [1.82, 2.24) is 15.5 Å². The van der Waals surface area contributed by atoms with E-state index in [1.165, 1.54) is 0 Å². The molecule has 0 aliphatic rings. The highest BCUT2D eigenvalue weighted by molar-refractivity contribution is 4.57. The zero-order valence-corrected chi connectivity index (χ0v) is 7.44. The summed E-state index contributed by atoms with van der Waals surface area (Å²) in [6.45, 7) is 6.20. The third kappa shape index (κ3) is 3.82. The van der Waals surface area contributed by atoms with E-state index in [2.05, 4.69) is 43.5 Å². The molecule has 0 aromatic rings. The van der Waals surface area contributed by atoms with Crippen molar-refractivity contribution in [2.45, 2.75) is 20.1 Å². The Bertz CT molecular complexity index is 67.3. The maximum atomic E-state index is 3.30. The van der Waals surface area contributed by atoms with E-state index in [1.807, 2.05) is 0 Å². The average molecular weight is 145 g/mol. The van der Waals surface area contributed by atoms with Gasteiger partial charge in [-0.2, -0.15) is 0 Å². The first-order valence-electron chi connectivity index (χ1n) is 3.85. The lowest BCUT2D eigenvalue weighted by atomic mass is 10.6. The molecule has 0 heterocycles. The Kier molecular flexibility index (Phi) is 5.58. The Labute approximate surface area is 63.8 Å². The quantitative estimate of drug-likeness (QED) is 0.535. The molecule has 0 saturated carbocycles. The smallest absolute Gasteiger partial charge is 0.113 e. The van der Waals surface area contributed by atoms with Crippen LogP contribution in [0.5, 0.6) is 0 Å². The minimum absolute atomic E-state index is 0.315. The van der Waals surface area contributed by atoms with Crippen molar-refractivity contribution in [3.05, 3.63) is 0 Å². The van der Waals surface area contributed by atoms with Gasteiger partial charge in [-0.05, 0) is 27.2 Å². The standard InChI is InChI=1S/C7H19N3/c1-5-8-7(9-6-2)10(3)4/h7-9H,5-6H2,1-4H3. The van der Waals surface area contributed by atoms with Crippen molar-refractivity contribution in [2.24, 2.45) is 0 Å². The predicted molar refractivity (Wildman–Crippen MR) is 44.8 cm³/mol. The van der Waals surface area contributed by atoms with Crippen molar-refractivity contribution in [1.29, 1.82) is 0 Å². The van der Waals surface area contributed by atoms with Gasteiger partial charge in [-0.15, -0.1) is 0 Å².